The van der Waals surface area contributed by atoms with Gasteiger partial charge in [0.2, 0.25) is 5.82 Å². The molecule has 0 fully saturated rings. The summed E-state index contributed by atoms with van der Waals surface area (Å²) in [5, 5.41) is 10.8. The molecule has 0 aliphatic rings. The maximum atomic E-state index is 13.2. The Morgan fingerprint density at radius 2 is 1.86 bits per heavy atom. The summed E-state index contributed by atoms with van der Waals surface area (Å²) in [6.07, 6.45) is 0. The van der Waals surface area contributed by atoms with Gasteiger partial charge in [-0.25, -0.2) is 8.42 Å². The summed E-state index contributed by atoms with van der Waals surface area (Å²) in [5.74, 6) is -1.11. The largest absolute Gasteiger partial charge is 0.306 e. The second kappa shape index (κ2) is 5.66. The van der Waals surface area contributed by atoms with E-state index < -0.39 is 31.3 Å². The molecule has 2 aromatic rings. The minimum absolute atomic E-state index is 0.117. The van der Waals surface area contributed by atoms with Gasteiger partial charge in [-0.2, -0.15) is 4.39 Å². The van der Waals surface area contributed by atoms with Crippen LogP contribution in [-0.2, 0) is 10.0 Å². The first-order valence-electron chi connectivity index (χ1n) is 5.52. The van der Waals surface area contributed by atoms with E-state index in [1.165, 1.54) is 12.1 Å². The molecule has 0 radical (unpaired) electrons. The van der Waals surface area contributed by atoms with Gasteiger partial charge in [-0.1, -0.05) is 23.7 Å². The van der Waals surface area contributed by atoms with Gasteiger partial charge < -0.3 is 0 Å². The minimum Gasteiger partial charge on any atom is -0.278 e. The van der Waals surface area contributed by atoms with Crippen LogP contribution >= 0.6 is 11.6 Å². The van der Waals surface area contributed by atoms with Gasteiger partial charge in [0.05, 0.1) is 20.5 Å². The van der Waals surface area contributed by atoms with Gasteiger partial charge >= 0.3 is 5.69 Å². The Bertz CT molecular complexity index is 811. The van der Waals surface area contributed by atoms with E-state index in [4.69, 9.17) is 11.6 Å². The molecule has 0 aromatic heterocycles. The molecule has 0 heterocycles. The Morgan fingerprint density at radius 1 is 1.19 bits per heavy atom. The van der Waals surface area contributed by atoms with Crippen molar-refractivity contribution in [3.8, 4) is 0 Å². The fourth-order valence-corrected chi connectivity index (χ4v) is 2.89. The summed E-state index contributed by atoms with van der Waals surface area (Å²) in [6.45, 7) is 0. The Morgan fingerprint density at radius 3 is 2.48 bits per heavy atom. The van der Waals surface area contributed by atoms with Crippen LogP contribution in [0, 0.1) is 15.9 Å². The first kappa shape index (κ1) is 15.2. The number of hydrogen-bond acceptors (Lipinski definition) is 4. The van der Waals surface area contributed by atoms with Crippen LogP contribution in [-0.4, -0.2) is 13.3 Å². The van der Waals surface area contributed by atoms with Gasteiger partial charge in [0.15, 0.2) is 0 Å². The molecule has 0 unspecified atom stereocenters. The zero-order valence-corrected chi connectivity index (χ0v) is 11.9. The maximum absolute atomic E-state index is 13.2. The van der Waals surface area contributed by atoms with Crippen molar-refractivity contribution in [2.75, 3.05) is 4.72 Å². The van der Waals surface area contributed by atoms with Crippen LogP contribution < -0.4 is 4.72 Å². The Balaban J connectivity index is 2.43. The van der Waals surface area contributed by atoms with Crippen LogP contribution in [0.3, 0.4) is 0 Å². The lowest BCUT2D eigenvalue weighted by Gasteiger charge is -2.09. The van der Waals surface area contributed by atoms with Gasteiger partial charge in [0, 0.05) is 6.07 Å². The van der Waals surface area contributed by atoms with Crippen molar-refractivity contribution in [2.45, 2.75) is 4.90 Å². The van der Waals surface area contributed by atoms with Crippen LogP contribution in [0.15, 0.2) is 47.4 Å². The number of nitrogens with zero attached hydrogens (tertiary/aromatic N) is 1. The summed E-state index contributed by atoms with van der Waals surface area (Å²) >= 11 is 5.83. The number of nitro groups is 1. The average molecular weight is 331 g/mol. The smallest absolute Gasteiger partial charge is 0.278 e. The lowest BCUT2D eigenvalue weighted by Crippen LogP contribution is -2.13. The predicted molar refractivity (Wildman–Crippen MR) is 75.3 cm³/mol. The van der Waals surface area contributed by atoms with Crippen LogP contribution in [0.25, 0.3) is 0 Å². The van der Waals surface area contributed by atoms with Crippen molar-refractivity contribution in [1.82, 2.24) is 0 Å². The fraction of sp³-hybridized carbons (Fsp3) is 0. The Labute approximate surface area is 124 Å². The topological polar surface area (TPSA) is 89.3 Å². The molecule has 21 heavy (non-hydrogen) atoms. The van der Waals surface area contributed by atoms with Crippen LogP contribution in [0.2, 0.25) is 5.02 Å². The quantitative estimate of drug-likeness (QED) is 0.688. The highest BCUT2D eigenvalue weighted by Crippen LogP contribution is 2.26. The third-order valence-electron chi connectivity index (χ3n) is 2.54. The molecule has 110 valence electrons. The minimum atomic E-state index is -4.11. The monoisotopic (exact) mass is 330 g/mol. The van der Waals surface area contributed by atoms with Gasteiger partial charge in [-0.05, 0) is 24.3 Å². The van der Waals surface area contributed by atoms with E-state index in [9.17, 15) is 22.9 Å². The number of nitro benzene ring substituents is 1. The number of nitrogens with one attached hydrogen (secondary N) is 1. The van der Waals surface area contributed by atoms with Crippen LogP contribution in [0.4, 0.5) is 15.8 Å². The van der Waals surface area contributed by atoms with Crippen molar-refractivity contribution in [2.24, 2.45) is 0 Å². The van der Waals surface area contributed by atoms with E-state index in [-0.39, 0.29) is 10.7 Å². The number of para-hydroxylation sites is 1. The van der Waals surface area contributed by atoms with E-state index >= 15 is 0 Å². The highest BCUT2D eigenvalue weighted by atomic mass is 35.5. The molecule has 0 bridgehead atoms. The number of rotatable bonds is 4. The SMILES string of the molecule is O=[N+]([O-])c1cc(S(=O)(=O)Nc2ccccc2Cl)ccc1F. The molecule has 0 atom stereocenters. The third-order valence-corrected chi connectivity index (χ3v) is 4.24. The zero-order chi connectivity index (χ0) is 15.6. The van der Waals surface area contributed by atoms with E-state index in [1.54, 1.807) is 12.1 Å². The molecule has 9 heteroatoms. The van der Waals surface area contributed by atoms with Crippen LogP contribution in [0.1, 0.15) is 0 Å². The summed E-state index contributed by atoms with van der Waals surface area (Å²) in [5.41, 5.74) is -0.803. The summed E-state index contributed by atoms with van der Waals surface area (Å²) in [7, 11) is -4.11. The molecule has 0 saturated carbocycles. The molecule has 0 spiro atoms. The first-order chi connectivity index (χ1) is 9.81. The van der Waals surface area contributed by atoms with Crippen molar-refractivity contribution < 1.29 is 17.7 Å². The van der Waals surface area contributed by atoms with E-state index in [2.05, 4.69) is 4.72 Å². The molecule has 0 saturated heterocycles. The summed E-state index contributed by atoms with van der Waals surface area (Å²) in [4.78, 5) is 9.21. The Kier molecular flexibility index (Phi) is 4.10. The van der Waals surface area contributed by atoms with Gasteiger partial charge in [-0.3, -0.25) is 14.8 Å². The zero-order valence-electron chi connectivity index (χ0n) is 10.3. The number of hydrogen-bond donors (Lipinski definition) is 1. The fourth-order valence-electron chi connectivity index (χ4n) is 1.55. The normalized spacial score (nSPS) is 11.1. The standard InChI is InChI=1S/C12H8ClFN2O4S/c13-9-3-1-2-4-11(9)15-21(19,20)8-5-6-10(14)12(7-8)16(17)18/h1-7,15H. The van der Waals surface area contributed by atoms with Gasteiger partial charge in [-0.15, -0.1) is 0 Å². The van der Waals surface area contributed by atoms with Crippen molar-refractivity contribution >= 4 is 33.0 Å². The summed E-state index contributed by atoms with van der Waals surface area (Å²) < 4.78 is 39.7. The third kappa shape index (κ3) is 3.29. The van der Waals surface area contributed by atoms with E-state index in [0.29, 0.717) is 6.07 Å². The van der Waals surface area contributed by atoms with E-state index in [0.717, 1.165) is 12.1 Å². The number of anilines is 1. The first-order valence-corrected chi connectivity index (χ1v) is 7.38. The average Bonchev–Trinajstić information content (AvgIpc) is 2.41. The number of halogens is 2. The summed E-state index contributed by atoms with van der Waals surface area (Å²) in [6, 6.07) is 8.39. The predicted octanol–water partition coefficient (Wildman–Crippen LogP) is 3.19. The second-order valence-electron chi connectivity index (χ2n) is 3.96. The number of benzene rings is 2. The molecule has 0 aliphatic carbocycles. The van der Waals surface area contributed by atoms with E-state index in [1.807, 2.05) is 0 Å². The second-order valence-corrected chi connectivity index (χ2v) is 6.05. The maximum Gasteiger partial charge on any atom is 0.306 e. The molecular formula is C12H8ClFN2O4S. The molecular weight excluding hydrogens is 323 g/mol. The van der Waals surface area contributed by atoms with Gasteiger partial charge in [0.1, 0.15) is 0 Å². The van der Waals surface area contributed by atoms with Crippen molar-refractivity contribution in [1.29, 1.82) is 0 Å². The molecule has 0 amide bonds. The highest BCUT2D eigenvalue weighted by Gasteiger charge is 2.22. The molecule has 2 rings (SSSR count). The Hall–Kier alpha value is -2.19. The lowest BCUT2D eigenvalue weighted by molar-refractivity contribution is -0.387. The lowest BCUT2D eigenvalue weighted by atomic mass is 10.3. The number of sulfonamides is 1. The molecule has 6 nitrogen and oxygen atoms in total. The molecule has 2 aromatic carbocycles. The molecule has 1 N–H and O–H groups in total. The van der Waals surface area contributed by atoms with Gasteiger partial charge in [0.25, 0.3) is 10.0 Å². The molecule has 0 aliphatic heterocycles. The van der Waals surface area contributed by atoms with Crippen molar-refractivity contribution in [3.63, 3.8) is 0 Å². The van der Waals surface area contributed by atoms with Crippen molar-refractivity contribution in [3.05, 3.63) is 63.4 Å². The highest BCUT2D eigenvalue weighted by molar-refractivity contribution is 7.92. The van der Waals surface area contributed by atoms with Crippen LogP contribution in [0.5, 0.6) is 0 Å².